The van der Waals surface area contributed by atoms with Gasteiger partial charge in [0.15, 0.2) is 0 Å². The molecule has 2 aromatic rings. The molecule has 2 N–H and O–H groups in total. The predicted octanol–water partition coefficient (Wildman–Crippen LogP) is 3.02. The Balaban J connectivity index is 2.18. The first-order valence-corrected chi connectivity index (χ1v) is 6.09. The molecule has 0 fully saturated rings. The lowest BCUT2D eigenvalue weighted by Crippen LogP contribution is -2.21. The van der Waals surface area contributed by atoms with E-state index in [1.165, 1.54) is 12.1 Å². The second kappa shape index (κ2) is 5.31. The molecule has 0 saturated carbocycles. The largest absolute Gasteiger partial charge is 0.341 e. The first kappa shape index (κ1) is 12.8. The van der Waals surface area contributed by atoms with Crippen LogP contribution in [0.5, 0.6) is 0 Å². The number of aryl methyl sites for hydroxylation is 1. The van der Waals surface area contributed by atoms with Crippen molar-refractivity contribution in [1.29, 1.82) is 0 Å². The molecule has 0 aliphatic heterocycles. The first-order chi connectivity index (χ1) is 8.54. The lowest BCUT2D eigenvalue weighted by atomic mass is 10.1. The fourth-order valence-corrected chi connectivity index (χ4v) is 1.78. The number of nitrogens with zero attached hydrogens (tertiary/aromatic N) is 1. The Morgan fingerprint density at radius 1 is 1.33 bits per heavy atom. The molecule has 0 unspecified atom stereocenters. The van der Waals surface area contributed by atoms with Crippen molar-refractivity contribution in [3.05, 3.63) is 41.5 Å². The number of hydrogen-bond donors (Lipinski definition) is 2. The van der Waals surface area contributed by atoms with Crippen molar-refractivity contribution in [2.45, 2.75) is 33.4 Å². The third-order valence-electron chi connectivity index (χ3n) is 2.64. The standard InChI is InChI=1S/C14H18FN3/c1-9(2)16-7-13-8-17-14(18-13)11-4-10(3)5-12(15)6-11/h4-6,8-9,16H,7H2,1-3H3,(H,17,18). The molecule has 0 amide bonds. The molecular weight excluding hydrogens is 229 g/mol. The summed E-state index contributed by atoms with van der Waals surface area (Å²) in [7, 11) is 0. The van der Waals surface area contributed by atoms with Crippen LogP contribution in [0.2, 0.25) is 0 Å². The number of hydrogen-bond acceptors (Lipinski definition) is 2. The summed E-state index contributed by atoms with van der Waals surface area (Å²) in [5.41, 5.74) is 2.67. The van der Waals surface area contributed by atoms with E-state index in [-0.39, 0.29) is 5.82 Å². The Hall–Kier alpha value is -1.68. The Bertz CT molecular complexity index is 511. The van der Waals surface area contributed by atoms with Gasteiger partial charge >= 0.3 is 0 Å². The highest BCUT2D eigenvalue weighted by Gasteiger charge is 2.06. The van der Waals surface area contributed by atoms with Crippen LogP contribution in [0, 0.1) is 12.7 Å². The van der Waals surface area contributed by atoms with Crippen molar-refractivity contribution in [1.82, 2.24) is 15.3 Å². The van der Waals surface area contributed by atoms with E-state index in [1.54, 1.807) is 6.20 Å². The number of nitrogens with one attached hydrogen (secondary N) is 2. The molecule has 3 nitrogen and oxygen atoms in total. The van der Waals surface area contributed by atoms with Crippen LogP contribution in [0.25, 0.3) is 11.4 Å². The fourth-order valence-electron chi connectivity index (χ4n) is 1.78. The average molecular weight is 247 g/mol. The van der Waals surface area contributed by atoms with Crippen LogP contribution in [-0.2, 0) is 6.54 Å². The maximum atomic E-state index is 13.3. The maximum absolute atomic E-state index is 13.3. The number of halogens is 1. The molecule has 0 atom stereocenters. The van der Waals surface area contributed by atoms with Crippen molar-refractivity contribution >= 4 is 0 Å². The lowest BCUT2D eigenvalue weighted by Gasteiger charge is -2.05. The van der Waals surface area contributed by atoms with E-state index in [4.69, 9.17) is 0 Å². The number of benzene rings is 1. The van der Waals surface area contributed by atoms with Gasteiger partial charge in [0, 0.05) is 30.0 Å². The molecule has 0 spiro atoms. The molecule has 96 valence electrons. The highest BCUT2D eigenvalue weighted by molar-refractivity contribution is 5.56. The summed E-state index contributed by atoms with van der Waals surface area (Å²) in [4.78, 5) is 7.48. The minimum atomic E-state index is -0.233. The lowest BCUT2D eigenvalue weighted by molar-refractivity contribution is 0.583. The van der Waals surface area contributed by atoms with Gasteiger partial charge in [-0.3, -0.25) is 0 Å². The second-order valence-electron chi connectivity index (χ2n) is 4.81. The van der Waals surface area contributed by atoms with Crippen LogP contribution < -0.4 is 5.32 Å². The number of imidazole rings is 1. The van der Waals surface area contributed by atoms with E-state index >= 15 is 0 Å². The van der Waals surface area contributed by atoms with Gasteiger partial charge in [-0.1, -0.05) is 13.8 Å². The highest BCUT2D eigenvalue weighted by Crippen LogP contribution is 2.18. The normalized spacial score (nSPS) is 11.2. The van der Waals surface area contributed by atoms with Gasteiger partial charge in [-0.25, -0.2) is 9.37 Å². The number of rotatable bonds is 4. The predicted molar refractivity (Wildman–Crippen MR) is 70.7 cm³/mol. The third-order valence-corrected chi connectivity index (χ3v) is 2.64. The van der Waals surface area contributed by atoms with Crippen LogP contribution >= 0.6 is 0 Å². The molecule has 0 bridgehead atoms. The monoisotopic (exact) mass is 247 g/mol. The topological polar surface area (TPSA) is 40.7 Å². The summed E-state index contributed by atoms with van der Waals surface area (Å²) >= 11 is 0. The number of aromatic nitrogens is 2. The van der Waals surface area contributed by atoms with E-state index in [2.05, 4.69) is 29.1 Å². The molecule has 0 aliphatic rings. The summed E-state index contributed by atoms with van der Waals surface area (Å²) in [6.07, 6.45) is 1.78. The fraction of sp³-hybridized carbons (Fsp3) is 0.357. The van der Waals surface area contributed by atoms with Gasteiger partial charge in [-0.2, -0.15) is 0 Å². The van der Waals surface area contributed by atoms with Crippen molar-refractivity contribution in [2.24, 2.45) is 0 Å². The minimum absolute atomic E-state index is 0.233. The quantitative estimate of drug-likeness (QED) is 0.872. The van der Waals surface area contributed by atoms with Crippen LogP contribution in [0.1, 0.15) is 25.1 Å². The van der Waals surface area contributed by atoms with E-state index in [0.29, 0.717) is 11.9 Å². The van der Waals surface area contributed by atoms with E-state index in [0.717, 1.165) is 23.4 Å². The molecule has 0 aliphatic carbocycles. The maximum Gasteiger partial charge on any atom is 0.137 e. The average Bonchev–Trinajstić information content (AvgIpc) is 2.73. The van der Waals surface area contributed by atoms with Crippen molar-refractivity contribution in [2.75, 3.05) is 0 Å². The van der Waals surface area contributed by atoms with Gasteiger partial charge in [-0.05, 0) is 30.7 Å². The summed E-state index contributed by atoms with van der Waals surface area (Å²) in [6, 6.07) is 5.34. The van der Waals surface area contributed by atoms with Crippen LogP contribution in [0.4, 0.5) is 4.39 Å². The molecule has 4 heteroatoms. The SMILES string of the molecule is Cc1cc(F)cc(-c2ncc(CNC(C)C)[nH]2)c1. The van der Waals surface area contributed by atoms with E-state index in [9.17, 15) is 4.39 Å². The van der Waals surface area contributed by atoms with Gasteiger partial charge in [0.05, 0.1) is 0 Å². The Morgan fingerprint density at radius 2 is 2.11 bits per heavy atom. The van der Waals surface area contributed by atoms with Crippen molar-refractivity contribution < 1.29 is 4.39 Å². The zero-order valence-corrected chi connectivity index (χ0v) is 10.9. The van der Waals surface area contributed by atoms with E-state index < -0.39 is 0 Å². The molecule has 1 aromatic carbocycles. The minimum Gasteiger partial charge on any atom is -0.341 e. The zero-order valence-electron chi connectivity index (χ0n) is 10.9. The summed E-state index contributed by atoms with van der Waals surface area (Å²) in [5, 5.41) is 3.30. The molecule has 2 rings (SSSR count). The third kappa shape index (κ3) is 3.17. The van der Waals surface area contributed by atoms with Gasteiger partial charge in [-0.15, -0.1) is 0 Å². The first-order valence-electron chi connectivity index (χ1n) is 6.09. The summed E-state index contributed by atoms with van der Waals surface area (Å²) in [5.74, 6) is 0.474. The van der Waals surface area contributed by atoms with Gasteiger partial charge in [0.1, 0.15) is 11.6 Å². The van der Waals surface area contributed by atoms with Crippen molar-refractivity contribution in [3.8, 4) is 11.4 Å². The summed E-state index contributed by atoms with van der Waals surface area (Å²) in [6.45, 7) is 6.79. The van der Waals surface area contributed by atoms with Gasteiger partial charge < -0.3 is 10.3 Å². The smallest absolute Gasteiger partial charge is 0.137 e. The van der Waals surface area contributed by atoms with Crippen molar-refractivity contribution in [3.63, 3.8) is 0 Å². The zero-order chi connectivity index (χ0) is 13.1. The van der Waals surface area contributed by atoms with Crippen LogP contribution in [-0.4, -0.2) is 16.0 Å². The number of H-pyrrole nitrogens is 1. The van der Waals surface area contributed by atoms with Crippen LogP contribution in [0.15, 0.2) is 24.4 Å². The van der Waals surface area contributed by atoms with E-state index in [1.807, 2.05) is 13.0 Å². The number of aromatic amines is 1. The molecule has 1 aromatic heterocycles. The Labute approximate surface area is 106 Å². The molecule has 18 heavy (non-hydrogen) atoms. The summed E-state index contributed by atoms with van der Waals surface area (Å²) < 4.78 is 13.3. The highest BCUT2D eigenvalue weighted by atomic mass is 19.1. The van der Waals surface area contributed by atoms with Gasteiger partial charge in [0.25, 0.3) is 0 Å². The molecule has 0 radical (unpaired) electrons. The Morgan fingerprint density at radius 3 is 2.78 bits per heavy atom. The molecule has 1 heterocycles. The molecular formula is C14H18FN3. The molecule has 0 saturated heterocycles. The van der Waals surface area contributed by atoms with Gasteiger partial charge in [0.2, 0.25) is 0 Å². The Kier molecular flexibility index (Phi) is 3.77. The van der Waals surface area contributed by atoms with Crippen LogP contribution in [0.3, 0.4) is 0 Å². The second-order valence-corrected chi connectivity index (χ2v) is 4.81.